The maximum atomic E-state index is 12.3. The number of carbonyl (C=O) groups excluding carboxylic acids is 1. The summed E-state index contributed by atoms with van der Waals surface area (Å²) in [6.07, 6.45) is -3.00. The van der Waals surface area contributed by atoms with Crippen LogP contribution in [-0.4, -0.2) is 36.2 Å². The number of nitrogens with zero attached hydrogens (tertiary/aromatic N) is 1. The Hall–Kier alpha value is -0.780. The predicted molar refractivity (Wildman–Crippen MR) is 44.5 cm³/mol. The Labute approximate surface area is 80.3 Å². The second-order valence-electron chi connectivity index (χ2n) is 3.39. The van der Waals surface area contributed by atoms with Gasteiger partial charge in [0.1, 0.15) is 0 Å². The van der Waals surface area contributed by atoms with E-state index in [2.05, 4.69) is 5.32 Å². The van der Waals surface area contributed by atoms with Crippen LogP contribution in [0.5, 0.6) is 0 Å². The quantitative estimate of drug-likeness (QED) is 0.692. The standard InChI is InChI=1S/C8H13F3N2O/c1-6(14)13(8(9,10)11)5-7-3-2-4-12-7/h7,12H,2-5H2,1H3. The Morgan fingerprint density at radius 3 is 2.57 bits per heavy atom. The molecular formula is C8H13F3N2O. The van der Waals surface area contributed by atoms with E-state index in [9.17, 15) is 18.0 Å². The molecule has 0 spiro atoms. The van der Waals surface area contributed by atoms with Crippen molar-refractivity contribution in [3.63, 3.8) is 0 Å². The number of nitrogens with one attached hydrogen (secondary N) is 1. The minimum absolute atomic E-state index is 0.0456. The van der Waals surface area contributed by atoms with Gasteiger partial charge in [0.15, 0.2) is 0 Å². The van der Waals surface area contributed by atoms with Gasteiger partial charge < -0.3 is 5.32 Å². The topological polar surface area (TPSA) is 32.3 Å². The third-order valence-electron chi connectivity index (χ3n) is 2.25. The van der Waals surface area contributed by atoms with Crippen LogP contribution in [0.25, 0.3) is 0 Å². The highest BCUT2D eigenvalue weighted by Gasteiger charge is 2.40. The molecule has 1 saturated heterocycles. The van der Waals surface area contributed by atoms with Gasteiger partial charge in [0.25, 0.3) is 0 Å². The zero-order valence-corrected chi connectivity index (χ0v) is 7.90. The average molecular weight is 210 g/mol. The van der Waals surface area contributed by atoms with Crippen LogP contribution in [0.4, 0.5) is 13.2 Å². The van der Waals surface area contributed by atoms with Crippen LogP contribution in [0.3, 0.4) is 0 Å². The molecule has 1 N–H and O–H groups in total. The van der Waals surface area contributed by atoms with Crippen LogP contribution >= 0.6 is 0 Å². The molecule has 0 aliphatic carbocycles. The number of halogens is 3. The van der Waals surface area contributed by atoms with Crippen LogP contribution < -0.4 is 5.32 Å². The number of carbonyl (C=O) groups is 1. The van der Waals surface area contributed by atoms with E-state index in [-0.39, 0.29) is 17.5 Å². The summed E-state index contributed by atoms with van der Waals surface area (Å²) in [4.78, 5) is 10.7. The van der Waals surface area contributed by atoms with E-state index >= 15 is 0 Å². The third-order valence-corrected chi connectivity index (χ3v) is 2.25. The SMILES string of the molecule is CC(=O)N(CC1CCCN1)C(F)(F)F. The zero-order chi connectivity index (χ0) is 10.8. The van der Waals surface area contributed by atoms with Gasteiger partial charge in [0, 0.05) is 19.5 Å². The lowest BCUT2D eigenvalue weighted by Gasteiger charge is -2.26. The molecule has 1 unspecified atom stereocenters. The maximum absolute atomic E-state index is 12.3. The van der Waals surface area contributed by atoms with E-state index in [1.807, 2.05) is 0 Å². The van der Waals surface area contributed by atoms with Crippen LogP contribution in [0.2, 0.25) is 0 Å². The van der Waals surface area contributed by atoms with Gasteiger partial charge in [0.2, 0.25) is 5.91 Å². The minimum atomic E-state index is -4.56. The summed E-state index contributed by atoms with van der Waals surface area (Å²) >= 11 is 0. The smallest absolute Gasteiger partial charge is 0.312 e. The molecule has 1 aliphatic heterocycles. The second-order valence-corrected chi connectivity index (χ2v) is 3.39. The molecule has 0 aromatic rings. The van der Waals surface area contributed by atoms with Gasteiger partial charge in [-0.25, -0.2) is 0 Å². The average Bonchev–Trinajstić information content (AvgIpc) is 2.48. The number of amides is 1. The molecule has 0 saturated carbocycles. The van der Waals surface area contributed by atoms with Crippen LogP contribution in [0.15, 0.2) is 0 Å². The number of rotatable bonds is 2. The Kier molecular flexibility index (Phi) is 3.36. The fourth-order valence-electron chi connectivity index (χ4n) is 1.54. The molecule has 1 amide bonds. The van der Waals surface area contributed by atoms with Crippen LogP contribution in [-0.2, 0) is 4.79 Å². The van der Waals surface area contributed by atoms with E-state index in [0.29, 0.717) is 6.42 Å². The van der Waals surface area contributed by atoms with Crippen molar-refractivity contribution < 1.29 is 18.0 Å². The molecular weight excluding hydrogens is 197 g/mol. The summed E-state index contributed by atoms with van der Waals surface area (Å²) in [7, 11) is 0. The van der Waals surface area contributed by atoms with Crippen molar-refractivity contribution in [3.8, 4) is 0 Å². The Morgan fingerprint density at radius 2 is 2.21 bits per heavy atom. The first-order chi connectivity index (χ1) is 6.41. The molecule has 0 bridgehead atoms. The van der Waals surface area contributed by atoms with Crippen molar-refractivity contribution in [2.24, 2.45) is 0 Å². The van der Waals surface area contributed by atoms with Gasteiger partial charge in [-0.05, 0) is 19.4 Å². The molecule has 0 aromatic heterocycles. The number of hydrogen-bond acceptors (Lipinski definition) is 2. The van der Waals surface area contributed by atoms with Gasteiger partial charge in [-0.15, -0.1) is 13.2 Å². The first-order valence-corrected chi connectivity index (χ1v) is 4.49. The normalized spacial score (nSPS) is 22.4. The number of hydrogen-bond donors (Lipinski definition) is 1. The maximum Gasteiger partial charge on any atom is 0.487 e. The fraction of sp³-hybridized carbons (Fsp3) is 0.875. The molecule has 1 rings (SSSR count). The van der Waals surface area contributed by atoms with Crippen molar-refractivity contribution in [1.29, 1.82) is 0 Å². The molecule has 0 radical (unpaired) electrons. The number of alkyl halides is 3. The van der Waals surface area contributed by atoms with E-state index in [1.54, 1.807) is 0 Å². The van der Waals surface area contributed by atoms with Crippen LogP contribution in [0.1, 0.15) is 19.8 Å². The second kappa shape index (κ2) is 4.16. The molecule has 3 nitrogen and oxygen atoms in total. The highest BCUT2D eigenvalue weighted by molar-refractivity contribution is 5.73. The molecule has 14 heavy (non-hydrogen) atoms. The third kappa shape index (κ3) is 2.87. The van der Waals surface area contributed by atoms with Crippen molar-refractivity contribution in [2.75, 3.05) is 13.1 Å². The van der Waals surface area contributed by atoms with Gasteiger partial charge in [-0.3, -0.25) is 9.69 Å². The Bertz CT molecular complexity index is 211. The first-order valence-electron chi connectivity index (χ1n) is 4.49. The van der Waals surface area contributed by atoms with E-state index in [1.165, 1.54) is 0 Å². The lowest BCUT2D eigenvalue weighted by Crippen LogP contribution is -2.47. The van der Waals surface area contributed by atoms with Crippen molar-refractivity contribution in [1.82, 2.24) is 10.2 Å². The highest BCUT2D eigenvalue weighted by Crippen LogP contribution is 2.22. The minimum Gasteiger partial charge on any atom is -0.312 e. The molecule has 82 valence electrons. The van der Waals surface area contributed by atoms with Crippen molar-refractivity contribution in [3.05, 3.63) is 0 Å². The fourth-order valence-corrected chi connectivity index (χ4v) is 1.54. The molecule has 1 heterocycles. The summed E-state index contributed by atoms with van der Waals surface area (Å²) in [5, 5.41) is 2.92. The largest absolute Gasteiger partial charge is 0.487 e. The molecule has 1 fully saturated rings. The lowest BCUT2D eigenvalue weighted by molar-refractivity contribution is -0.240. The first kappa shape index (κ1) is 11.3. The van der Waals surface area contributed by atoms with E-state index < -0.39 is 12.2 Å². The van der Waals surface area contributed by atoms with Gasteiger partial charge in [0.05, 0.1) is 0 Å². The molecule has 1 aliphatic rings. The predicted octanol–water partition coefficient (Wildman–Crippen LogP) is 1.11. The molecule has 6 heteroatoms. The summed E-state index contributed by atoms with van der Waals surface area (Å²) in [6.45, 7) is 1.38. The van der Waals surface area contributed by atoms with Crippen molar-refractivity contribution in [2.45, 2.75) is 32.1 Å². The van der Waals surface area contributed by atoms with Crippen molar-refractivity contribution >= 4 is 5.91 Å². The lowest BCUT2D eigenvalue weighted by atomic mass is 10.2. The van der Waals surface area contributed by atoms with E-state index in [0.717, 1.165) is 19.9 Å². The van der Waals surface area contributed by atoms with Gasteiger partial charge in [-0.1, -0.05) is 0 Å². The monoisotopic (exact) mass is 210 g/mol. The summed E-state index contributed by atoms with van der Waals surface area (Å²) in [5.41, 5.74) is 0. The summed E-state index contributed by atoms with van der Waals surface area (Å²) in [6, 6.07) is -0.222. The Balaban J connectivity index is 2.55. The summed E-state index contributed by atoms with van der Waals surface area (Å²) < 4.78 is 36.9. The molecule has 1 atom stereocenters. The van der Waals surface area contributed by atoms with Crippen LogP contribution in [0, 0.1) is 0 Å². The van der Waals surface area contributed by atoms with Gasteiger partial charge in [-0.2, -0.15) is 0 Å². The molecule has 0 aromatic carbocycles. The Morgan fingerprint density at radius 1 is 1.57 bits per heavy atom. The highest BCUT2D eigenvalue weighted by atomic mass is 19.4. The zero-order valence-electron chi connectivity index (χ0n) is 7.90. The summed E-state index contributed by atoms with van der Waals surface area (Å²) in [5.74, 6) is -0.953. The van der Waals surface area contributed by atoms with Gasteiger partial charge >= 0.3 is 6.30 Å². The van der Waals surface area contributed by atoms with E-state index in [4.69, 9.17) is 0 Å².